The molecule has 1 N–H and O–H groups in total. The summed E-state index contributed by atoms with van der Waals surface area (Å²) in [5.41, 5.74) is 1.07. The summed E-state index contributed by atoms with van der Waals surface area (Å²) in [5, 5.41) is 12.6. The summed E-state index contributed by atoms with van der Waals surface area (Å²) in [4.78, 5) is 10.5. The minimum atomic E-state index is -1.08. The number of carboxylic acids is 1. The molecule has 0 aliphatic carbocycles. The molecule has 1 heterocycles. The van der Waals surface area contributed by atoms with Crippen LogP contribution in [0, 0.1) is 5.82 Å². The minimum absolute atomic E-state index is 0.425. The van der Waals surface area contributed by atoms with Crippen molar-refractivity contribution in [2.24, 2.45) is 0 Å². The zero-order valence-corrected chi connectivity index (χ0v) is 8.75. The standard InChI is InChI=1S/C12H9FN2O2/c13-10-3-4-11(15-7-1-6-14-15)9(8-10)2-5-12(16)17/h1-8H,(H,16,17)/b5-2+. The normalized spacial score (nSPS) is 10.9. The van der Waals surface area contributed by atoms with Crippen LogP contribution in [0.2, 0.25) is 0 Å². The molecule has 0 radical (unpaired) electrons. The van der Waals surface area contributed by atoms with Crippen LogP contribution in [0.4, 0.5) is 4.39 Å². The van der Waals surface area contributed by atoms with Gasteiger partial charge in [0.15, 0.2) is 0 Å². The van der Waals surface area contributed by atoms with Crippen LogP contribution in [0.1, 0.15) is 5.56 Å². The Morgan fingerprint density at radius 1 is 1.47 bits per heavy atom. The molecule has 86 valence electrons. The van der Waals surface area contributed by atoms with E-state index in [9.17, 15) is 9.18 Å². The molecule has 0 aliphatic rings. The molecular weight excluding hydrogens is 223 g/mol. The number of benzene rings is 1. The number of carbonyl (C=O) groups is 1. The van der Waals surface area contributed by atoms with Gasteiger partial charge in [-0.1, -0.05) is 0 Å². The van der Waals surface area contributed by atoms with E-state index in [1.807, 2.05) is 0 Å². The van der Waals surface area contributed by atoms with Gasteiger partial charge < -0.3 is 5.11 Å². The minimum Gasteiger partial charge on any atom is -0.478 e. The number of hydrogen-bond donors (Lipinski definition) is 1. The largest absolute Gasteiger partial charge is 0.478 e. The molecule has 0 amide bonds. The maximum atomic E-state index is 13.1. The molecule has 0 atom stereocenters. The van der Waals surface area contributed by atoms with Gasteiger partial charge in [-0.3, -0.25) is 0 Å². The van der Waals surface area contributed by atoms with Gasteiger partial charge in [0.2, 0.25) is 0 Å². The summed E-state index contributed by atoms with van der Waals surface area (Å²) in [6.07, 6.45) is 5.59. The van der Waals surface area contributed by atoms with Gasteiger partial charge in [-0.05, 0) is 30.3 Å². The Kier molecular flexibility index (Phi) is 3.00. The number of nitrogens with zero attached hydrogens (tertiary/aromatic N) is 2. The van der Waals surface area contributed by atoms with E-state index in [0.717, 1.165) is 6.08 Å². The van der Waals surface area contributed by atoms with Crippen molar-refractivity contribution in [3.05, 3.63) is 54.1 Å². The fourth-order valence-corrected chi connectivity index (χ4v) is 1.44. The van der Waals surface area contributed by atoms with E-state index in [4.69, 9.17) is 5.11 Å². The summed E-state index contributed by atoms with van der Waals surface area (Å²) in [6.45, 7) is 0. The highest BCUT2D eigenvalue weighted by Gasteiger charge is 2.04. The number of carboxylic acid groups (broad SMARTS) is 1. The molecular formula is C12H9FN2O2. The second-order valence-corrected chi connectivity index (χ2v) is 3.33. The van der Waals surface area contributed by atoms with Crippen molar-refractivity contribution in [2.75, 3.05) is 0 Å². The first-order chi connectivity index (χ1) is 8.16. The third-order valence-electron chi connectivity index (χ3n) is 2.15. The quantitative estimate of drug-likeness (QED) is 0.824. The van der Waals surface area contributed by atoms with E-state index in [1.165, 1.54) is 18.2 Å². The van der Waals surface area contributed by atoms with Crippen molar-refractivity contribution in [2.45, 2.75) is 0 Å². The third-order valence-corrected chi connectivity index (χ3v) is 2.15. The summed E-state index contributed by atoms with van der Waals surface area (Å²) in [5.74, 6) is -1.51. The first-order valence-corrected chi connectivity index (χ1v) is 4.87. The van der Waals surface area contributed by atoms with E-state index in [-0.39, 0.29) is 0 Å². The monoisotopic (exact) mass is 232 g/mol. The number of rotatable bonds is 3. The highest BCUT2D eigenvalue weighted by Crippen LogP contribution is 2.17. The zero-order valence-electron chi connectivity index (χ0n) is 8.75. The molecule has 0 spiro atoms. The van der Waals surface area contributed by atoms with Crippen molar-refractivity contribution >= 4 is 12.0 Å². The lowest BCUT2D eigenvalue weighted by Crippen LogP contribution is -1.98. The van der Waals surface area contributed by atoms with Gasteiger partial charge in [0.25, 0.3) is 0 Å². The molecule has 2 rings (SSSR count). The Morgan fingerprint density at radius 2 is 2.29 bits per heavy atom. The summed E-state index contributed by atoms with van der Waals surface area (Å²) in [6, 6.07) is 5.84. The molecule has 0 saturated heterocycles. The zero-order chi connectivity index (χ0) is 12.3. The molecule has 2 aromatic rings. The highest BCUT2D eigenvalue weighted by atomic mass is 19.1. The maximum absolute atomic E-state index is 13.1. The second-order valence-electron chi connectivity index (χ2n) is 3.33. The van der Waals surface area contributed by atoms with Gasteiger partial charge >= 0.3 is 5.97 Å². The van der Waals surface area contributed by atoms with E-state index in [0.29, 0.717) is 11.3 Å². The van der Waals surface area contributed by atoms with E-state index in [1.54, 1.807) is 29.2 Å². The molecule has 1 aromatic carbocycles. The van der Waals surface area contributed by atoms with Crippen LogP contribution in [0.3, 0.4) is 0 Å². The number of hydrogen-bond acceptors (Lipinski definition) is 2. The molecule has 0 aliphatic heterocycles. The Bertz CT molecular complexity index is 562. The van der Waals surface area contributed by atoms with Crippen molar-refractivity contribution < 1.29 is 14.3 Å². The number of aromatic nitrogens is 2. The van der Waals surface area contributed by atoms with Crippen LogP contribution in [0.5, 0.6) is 0 Å². The van der Waals surface area contributed by atoms with E-state index in [2.05, 4.69) is 5.10 Å². The fraction of sp³-hybridized carbons (Fsp3) is 0. The lowest BCUT2D eigenvalue weighted by Gasteiger charge is -2.05. The maximum Gasteiger partial charge on any atom is 0.328 e. The number of aliphatic carboxylic acids is 1. The van der Waals surface area contributed by atoms with Gasteiger partial charge in [-0.15, -0.1) is 0 Å². The Hall–Kier alpha value is -2.43. The Morgan fingerprint density at radius 3 is 2.94 bits per heavy atom. The van der Waals surface area contributed by atoms with Crippen molar-refractivity contribution in [3.8, 4) is 5.69 Å². The highest BCUT2D eigenvalue weighted by molar-refractivity contribution is 5.86. The SMILES string of the molecule is O=C(O)/C=C/c1cc(F)ccc1-n1cccn1. The molecule has 5 heteroatoms. The van der Waals surface area contributed by atoms with Crippen LogP contribution < -0.4 is 0 Å². The Balaban J connectivity index is 2.48. The lowest BCUT2D eigenvalue weighted by atomic mass is 10.1. The molecule has 17 heavy (non-hydrogen) atoms. The summed E-state index contributed by atoms with van der Waals surface area (Å²) < 4.78 is 14.6. The Labute approximate surface area is 96.6 Å². The van der Waals surface area contributed by atoms with Gasteiger partial charge in [0, 0.05) is 24.0 Å². The molecule has 0 fully saturated rings. The van der Waals surface area contributed by atoms with E-state index < -0.39 is 11.8 Å². The first-order valence-electron chi connectivity index (χ1n) is 4.87. The van der Waals surface area contributed by atoms with Crippen LogP contribution in [0.25, 0.3) is 11.8 Å². The predicted octanol–water partition coefficient (Wildman–Crippen LogP) is 2.11. The van der Waals surface area contributed by atoms with Crippen LogP contribution in [0.15, 0.2) is 42.7 Å². The molecule has 0 unspecified atom stereocenters. The first kappa shape index (κ1) is 11.1. The van der Waals surface area contributed by atoms with Crippen molar-refractivity contribution in [1.29, 1.82) is 0 Å². The fourth-order valence-electron chi connectivity index (χ4n) is 1.44. The topological polar surface area (TPSA) is 55.1 Å². The number of halogens is 1. The average Bonchev–Trinajstić information content (AvgIpc) is 2.80. The van der Waals surface area contributed by atoms with Gasteiger partial charge in [0.1, 0.15) is 5.82 Å². The van der Waals surface area contributed by atoms with Crippen molar-refractivity contribution in [1.82, 2.24) is 9.78 Å². The van der Waals surface area contributed by atoms with Gasteiger partial charge in [-0.2, -0.15) is 5.10 Å². The third kappa shape index (κ3) is 2.57. The lowest BCUT2D eigenvalue weighted by molar-refractivity contribution is -0.131. The molecule has 1 aromatic heterocycles. The van der Waals surface area contributed by atoms with Gasteiger partial charge in [0.05, 0.1) is 5.69 Å². The van der Waals surface area contributed by atoms with Crippen LogP contribution in [-0.4, -0.2) is 20.9 Å². The van der Waals surface area contributed by atoms with E-state index >= 15 is 0 Å². The van der Waals surface area contributed by atoms with Crippen molar-refractivity contribution in [3.63, 3.8) is 0 Å². The smallest absolute Gasteiger partial charge is 0.328 e. The average molecular weight is 232 g/mol. The van der Waals surface area contributed by atoms with Gasteiger partial charge in [-0.25, -0.2) is 13.9 Å². The summed E-state index contributed by atoms with van der Waals surface area (Å²) in [7, 11) is 0. The second kappa shape index (κ2) is 4.61. The summed E-state index contributed by atoms with van der Waals surface area (Å²) >= 11 is 0. The molecule has 4 nitrogen and oxygen atoms in total. The van der Waals surface area contributed by atoms with Crippen LogP contribution >= 0.6 is 0 Å². The van der Waals surface area contributed by atoms with Crippen LogP contribution in [-0.2, 0) is 4.79 Å². The predicted molar refractivity (Wildman–Crippen MR) is 60.2 cm³/mol. The molecule has 0 bridgehead atoms. The molecule has 0 saturated carbocycles.